The van der Waals surface area contributed by atoms with Crippen molar-refractivity contribution in [2.75, 3.05) is 5.32 Å². The molecule has 0 aliphatic heterocycles. The fraction of sp³-hybridized carbons (Fsp3) is 0.182. The molecule has 3 aromatic rings. The van der Waals surface area contributed by atoms with E-state index in [9.17, 15) is 9.59 Å². The summed E-state index contributed by atoms with van der Waals surface area (Å²) in [5, 5.41) is 5.71. The molecule has 5 nitrogen and oxygen atoms in total. The zero-order valence-electron chi connectivity index (χ0n) is 15.4. The summed E-state index contributed by atoms with van der Waals surface area (Å²) >= 11 is 0. The predicted octanol–water partition coefficient (Wildman–Crippen LogP) is 4.59. The minimum Gasteiger partial charge on any atom is -0.459 e. The molecule has 1 heterocycles. The maximum atomic E-state index is 12.5. The van der Waals surface area contributed by atoms with Crippen LogP contribution in [0, 0.1) is 0 Å². The molecule has 5 heteroatoms. The van der Waals surface area contributed by atoms with Gasteiger partial charge in [-0.15, -0.1) is 0 Å². The van der Waals surface area contributed by atoms with Gasteiger partial charge in [0, 0.05) is 11.3 Å². The van der Waals surface area contributed by atoms with Crippen LogP contribution in [0.25, 0.3) is 0 Å². The average Bonchev–Trinajstić information content (AvgIpc) is 3.23. The van der Waals surface area contributed by atoms with Gasteiger partial charge < -0.3 is 15.1 Å². The van der Waals surface area contributed by atoms with E-state index >= 15 is 0 Å². The molecule has 3 rings (SSSR count). The Kier molecular flexibility index (Phi) is 5.71. The molecule has 0 saturated carbocycles. The minimum atomic E-state index is -0.332. The highest BCUT2D eigenvalue weighted by atomic mass is 16.3. The Morgan fingerprint density at radius 2 is 1.67 bits per heavy atom. The van der Waals surface area contributed by atoms with Crippen molar-refractivity contribution in [3.63, 3.8) is 0 Å². The molecule has 2 amide bonds. The van der Waals surface area contributed by atoms with Crippen molar-refractivity contribution in [3.05, 3.63) is 89.4 Å². The Morgan fingerprint density at radius 1 is 0.963 bits per heavy atom. The van der Waals surface area contributed by atoms with Gasteiger partial charge in [-0.1, -0.05) is 31.2 Å². The summed E-state index contributed by atoms with van der Waals surface area (Å²) in [7, 11) is 0. The van der Waals surface area contributed by atoms with Crippen LogP contribution in [0.2, 0.25) is 0 Å². The molecule has 27 heavy (non-hydrogen) atoms. The van der Waals surface area contributed by atoms with Gasteiger partial charge in [-0.3, -0.25) is 9.59 Å². The molecule has 0 spiro atoms. The van der Waals surface area contributed by atoms with Crippen molar-refractivity contribution < 1.29 is 14.0 Å². The molecule has 0 saturated heterocycles. The Hall–Kier alpha value is -3.34. The maximum Gasteiger partial charge on any atom is 0.291 e. The smallest absolute Gasteiger partial charge is 0.291 e. The second-order valence-electron chi connectivity index (χ2n) is 6.30. The first-order valence-electron chi connectivity index (χ1n) is 8.91. The van der Waals surface area contributed by atoms with Gasteiger partial charge in [0.25, 0.3) is 11.8 Å². The van der Waals surface area contributed by atoms with E-state index in [1.807, 2.05) is 19.1 Å². The van der Waals surface area contributed by atoms with Crippen molar-refractivity contribution >= 4 is 17.5 Å². The summed E-state index contributed by atoms with van der Waals surface area (Å²) in [6, 6.07) is 18.1. The average molecular weight is 362 g/mol. The first kappa shape index (κ1) is 18.5. The molecule has 0 fully saturated rings. The SMILES string of the molecule is CCc1ccc(C(C)NC(=O)c2ccc(NC(=O)c3ccco3)cc2)cc1. The predicted molar refractivity (Wildman–Crippen MR) is 105 cm³/mol. The molecule has 0 aliphatic carbocycles. The van der Waals surface area contributed by atoms with Crippen LogP contribution in [0.5, 0.6) is 0 Å². The number of amides is 2. The Labute approximate surface area is 158 Å². The lowest BCUT2D eigenvalue weighted by atomic mass is 10.0. The van der Waals surface area contributed by atoms with Gasteiger partial charge >= 0.3 is 0 Å². The second-order valence-corrected chi connectivity index (χ2v) is 6.30. The number of anilines is 1. The molecule has 1 aromatic heterocycles. The lowest BCUT2D eigenvalue weighted by Gasteiger charge is -2.15. The van der Waals surface area contributed by atoms with Crippen molar-refractivity contribution in [2.24, 2.45) is 0 Å². The van der Waals surface area contributed by atoms with E-state index < -0.39 is 0 Å². The molecule has 0 bridgehead atoms. The van der Waals surface area contributed by atoms with Gasteiger partial charge in [-0.05, 0) is 60.9 Å². The largest absolute Gasteiger partial charge is 0.459 e. The summed E-state index contributed by atoms with van der Waals surface area (Å²) < 4.78 is 5.05. The van der Waals surface area contributed by atoms with Crippen LogP contribution >= 0.6 is 0 Å². The van der Waals surface area contributed by atoms with Crippen LogP contribution in [-0.4, -0.2) is 11.8 Å². The number of furan rings is 1. The third kappa shape index (κ3) is 4.64. The molecule has 0 aliphatic rings. The van der Waals surface area contributed by atoms with E-state index in [0.717, 1.165) is 12.0 Å². The lowest BCUT2D eigenvalue weighted by molar-refractivity contribution is 0.0939. The summed E-state index contributed by atoms with van der Waals surface area (Å²) in [5.74, 6) is -0.257. The van der Waals surface area contributed by atoms with Crippen LogP contribution in [-0.2, 0) is 6.42 Å². The standard InChI is InChI=1S/C22H22N2O3/c1-3-16-6-8-17(9-7-16)15(2)23-21(25)18-10-12-19(13-11-18)24-22(26)20-5-4-14-27-20/h4-15H,3H2,1-2H3,(H,23,25)(H,24,26). The number of nitrogens with one attached hydrogen (secondary N) is 2. The minimum absolute atomic E-state index is 0.0956. The number of hydrogen-bond donors (Lipinski definition) is 2. The fourth-order valence-electron chi connectivity index (χ4n) is 2.71. The van der Waals surface area contributed by atoms with Gasteiger partial charge in [-0.25, -0.2) is 0 Å². The monoisotopic (exact) mass is 362 g/mol. The highest BCUT2D eigenvalue weighted by Crippen LogP contribution is 2.16. The van der Waals surface area contributed by atoms with Crippen LogP contribution in [0.4, 0.5) is 5.69 Å². The van der Waals surface area contributed by atoms with E-state index in [1.54, 1.807) is 36.4 Å². The summed E-state index contributed by atoms with van der Waals surface area (Å²) in [6.45, 7) is 4.07. The van der Waals surface area contributed by atoms with E-state index in [4.69, 9.17) is 4.42 Å². The van der Waals surface area contributed by atoms with E-state index in [2.05, 4.69) is 29.7 Å². The second kappa shape index (κ2) is 8.36. The summed E-state index contributed by atoms with van der Waals surface area (Å²) in [4.78, 5) is 24.4. The third-order valence-electron chi connectivity index (χ3n) is 4.39. The lowest BCUT2D eigenvalue weighted by Crippen LogP contribution is -2.26. The number of aryl methyl sites for hydroxylation is 1. The topological polar surface area (TPSA) is 71.3 Å². The third-order valence-corrected chi connectivity index (χ3v) is 4.39. The molecule has 1 unspecified atom stereocenters. The number of carbonyl (C=O) groups is 2. The number of hydrogen-bond acceptors (Lipinski definition) is 3. The fourth-order valence-corrected chi connectivity index (χ4v) is 2.71. The number of rotatable bonds is 6. The molecule has 138 valence electrons. The quantitative estimate of drug-likeness (QED) is 0.674. The van der Waals surface area contributed by atoms with Crippen LogP contribution < -0.4 is 10.6 Å². The van der Waals surface area contributed by atoms with Gasteiger partial charge in [0.1, 0.15) is 0 Å². The first-order chi connectivity index (χ1) is 13.1. The van der Waals surface area contributed by atoms with E-state index in [-0.39, 0.29) is 23.6 Å². The Morgan fingerprint density at radius 3 is 2.26 bits per heavy atom. The van der Waals surface area contributed by atoms with Crippen LogP contribution in [0.15, 0.2) is 71.3 Å². The number of benzene rings is 2. The molecular weight excluding hydrogens is 340 g/mol. The highest BCUT2D eigenvalue weighted by Gasteiger charge is 2.13. The molecular formula is C22H22N2O3. The van der Waals surface area contributed by atoms with Gasteiger partial charge in [-0.2, -0.15) is 0 Å². The zero-order chi connectivity index (χ0) is 19.2. The van der Waals surface area contributed by atoms with E-state index in [0.29, 0.717) is 11.3 Å². The van der Waals surface area contributed by atoms with Gasteiger partial charge in [0.05, 0.1) is 12.3 Å². The zero-order valence-corrected chi connectivity index (χ0v) is 15.4. The van der Waals surface area contributed by atoms with Crippen LogP contribution in [0.3, 0.4) is 0 Å². The number of carbonyl (C=O) groups excluding carboxylic acids is 2. The normalized spacial score (nSPS) is 11.6. The highest BCUT2D eigenvalue weighted by molar-refractivity contribution is 6.02. The summed E-state index contributed by atoms with van der Waals surface area (Å²) in [6.07, 6.45) is 2.43. The van der Waals surface area contributed by atoms with Crippen LogP contribution in [0.1, 0.15) is 51.9 Å². The summed E-state index contributed by atoms with van der Waals surface area (Å²) in [5.41, 5.74) is 3.45. The molecule has 2 aromatic carbocycles. The van der Waals surface area contributed by atoms with Gasteiger partial charge in [0.15, 0.2) is 5.76 Å². The van der Waals surface area contributed by atoms with Crippen molar-refractivity contribution in [2.45, 2.75) is 26.3 Å². The molecule has 1 atom stereocenters. The molecule has 2 N–H and O–H groups in total. The van der Waals surface area contributed by atoms with Crippen molar-refractivity contribution in [1.82, 2.24) is 5.32 Å². The van der Waals surface area contributed by atoms with Gasteiger partial charge in [0.2, 0.25) is 0 Å². The van der Waals surface area contributed by atoms with Crippen molar-refractivity contribution in [3.8, 4) is 0 Å². The Balaban J connectivity index is 1.60. The first-order valence-corrected chi connectivity index (χ1v) is 8.91. The Bertz CT molecular complexity index is 898. The molecule has 0 radical (unpaired) electrons. The van der Waals surface area contributed by atoms with E-state index in [1.165, 1.54) is 11.8 Å². The maximum absolute atomic E-state index is 12.5. The van der Waals surface area contributed by atoms with Crippen molar-refractivity contribution in [1.29, 1.82) is 0 Å².